The number of amides is 3. The third kappa shape index (κ3) is 8.39. The molecule has 3 amide bonds. The summed E-state index contributed by atoms with van der Waals surface area (Å²) < 4.78 is 2.09. The number of carbonyl (C=O) groups is 3. The van der Waals surface area contributed by atoms with E-state index in [9.17, 15) is 33.6 Å². The van der Waals surface area contributed by atoms with E-state index >= 15 is 0 Å². The van der Waals surface area contributed by atoms with Gasteiger partial charge in [-0.2, -0.15) is 12.6 Å². The number of nitrogens with one attached hydrogen (secondary N) is 4. The van der Waals surface area contributed by atoms with Crippen LogP contribution in [0.15, 0.2) is 31.6 Å². The fourth-order valence-corrected chi connectivity index (χ4v) is 3.64. The van der Waals surface area contributed by atoms with Crippen molar-refractivity contribution in [3.63, 3.8) is 0 Å². The summed E-state index contributed by atoms with van der Waals surface area (Å²) >= 11 is 4.21. The van der Waals surface area contributed by atoms with E-state index in [1.807, 2.05) is 0 Å². The first-order valence-electron chi connectivity index (χ1n) is 11.4. The Morgan fingerprint density at radius 2 is 1.50 bits per heavy atom. The number of H-pyrrole nitrogens is 2. The quantitative estimate of drug-likeness (QED) is 0.132. The Labute approximate surface area is 221 Å². The summed E-state index contributed by atoms with van der Waals surface area (Å²) in [6.45, 7) is 3.47. The molecule has 0 bridgehead atoms. The highest BCUT2D eigenvalue weighted by atomic mass is 32.1. The van der Waals surface area contributed by atoms with Crippen molar-refractivity contribution in [2.45, 2.75) is 26.8 Å². The van der Waals surface area contributed by atoms with E-state index in [-0.39, 0.29) is 55.5 Å². The number of thiol groups is 1. The molecule has 17 heteroatoms. The first kappa shape index (κ1) is 29.9. The minimum Gasteiger partial charge on any atom is -0.368 e. The standard InChI is InChI=1S/C21H31N9O7S/c1-12-6-29(20(36)25-18(12)34)27(9-16(22)32)5-4-23-17(33)10-28(8-15(11-38)24-14(3)31)30-7-13(2)19(35)26-21(30)37/h6-7,15,38H,4-5,8-11H2,1-3H3,(H2,22,32)(H,23,33)(H,24,31)(H,25,34,36)(H,26,35,37)/t15-/m1/s1. The first-order chi connectivity index (χ1) is 17.8. The molecule has 0 fully saturated rings. The Kier molecular flexibility index (Phi) is 10.5. The Balaban J connectivity index is 2.21. The van der Waals surface area contributed by atoms with E-state index in [2.05, 4.69) is 33.2 Å². The second-order valence-electron chi connectivity index (χ2n) is 8.46. The lowest BCUT2D eigenvalue weighted by molar-refractivity contribution is -0.120. The van der Waals surface area contributed by atoms with Gasteiger partial charge in [-0.15, -0.1) is 0 Å². The monoisotopic (exact) mass is 553 g/mol. The van der Waals surface area contributed by atoms with Gasteiger partial charge in [0.15, 0.2) is 0 Å². The molecule has 2 aromatic heterocycles. The maximum absolute atomic E-state index is 12.8. The van der Waals surface area contributed by atoms with Gasteiger partial charge in [0.2, 0.25) is 17.7 Å². The average molecular weight is 554 g/mol. The number of hydrogen-bond donors (Lipinski definition) is 6. The Morgan fingerprint density at radius 1 is 0.974 bits per heavy atom. The highest BCUT2D eigenvalue weighted by molar-refractivity contribution is 7.80. The summed E-state index contributed by atoms with van der Waals surface area (Å²) in [7, 11) is 0. The number of aromatic nitrogens is 4. The van der Waals surface area contributed by atoms with Crippen LogP contribution in [0.2, 0.25) is 0 Å². The number of hydrogen-bond acceptors (Lipinski definition) is 10. The summed E-state index contributed by atoms with van der Waals surface area (Å²) in [5, 5.41) is 7.87. The molecular formula is C21H31N9O7S. The molecule has 0 saturated carbocycles. The molecule has 0 unspecified atom stereocenters. The molecule has 2 heterocycles. The molecule has 2 rings (SSSR count). The van der Waals surface area contributed by atoms with Crippen LogP contribution in [0.1, 0.15) is 18.1 Å². The van der Waals surface area contributed by atoms with Crippen molar-refractivity contribution in [1.82, 2.24) is 30.0 Å². The van der Waals surface area contributed by atoms with E-state index < -0.39 is 40.4 Å². The minimum atomic E-state index is -0.789. The molecule has 0 aliphatic rings. The zero-order valence-corrected chi connectivity index (χ0v) is 22.0. The van der Waals surface area contributed by atoms with Gasteiger partial charge in [0.1, 0.15) is 13.1 Å². The topological polar surface area (TPSA) is 217 Å². The normalized spacial score (nSPS) is 11.5. The fourth-order valence-electron chi connectivity index (χ4n) is 3.44. The lowest BCUT2D eigenvalue weighted by Crippen LogP contribution is -2.56. The summed E-state index contributed by atoms with van der Waals surface area (Å²) in [6, 6.07) is -0.538. The SMILES string of the molecule is CC(=O)N[C@@H](CS)CN(CC(=O)NCCN(CC(N)=O)n1cc(C)c(=O)[nH]c1=O)n1cc(C)c(=O)[nH]c1=O. The molecule has 16 nitrogen and oxygen atoms in total. The number of nitrogens with two attached hydrogens (primary N) is 1. The number of aromatic amines is 2. The highest BCUT2D eigenvalue weighted by Crippen LogP contribution is 1.97. The van der Waals surface area contributed by atoms with E-state index in [1.54, 1.807) is 0 Å². The molecule has 0 saturated heterocycles. The predicted molar refractivity (Wildman–Crippen MR) is 142 cm³/mol. The van der Waals surface area contributed by atoms with Gasteiger partial charge in [-0.25, -0.2) is 18.9 Å². The molecule has 6 N–H and O–H groups in total. The Hall–Kier alpha value is -4.28. The van der Waals surface area contributed by atoms with Gasteiger partial charge in [0.05, 0.1) is 19.1 Å². The Morgan fingerprint density at radius 3 is 1.97 bits per heavy atom. The Bertz CT molecular complexity index is 1410. The maximum Gasteiger partial charge on any atom is 0.347 e. The third-order valence-electron chi connectivity index (χ3n) is 5.23. The van der Waals surface area contributed by atoms with Crippen LogP contribution in [0.4, 0.5) is 0 Å². The maximum atomic E-state index is 12.8. The van der Waals surface area contributed by atoms with E-state index in [4.69, 9.17) is 5.73 Å². The van der Waals surface area contributed by atoms with Crippen LogP contribution in [0.5, 0.6) is 0 Å². The zero-order valence-electron chi connectivity index (χ0n) is 21.1. The van der Waals surface area contributed by atoms with Crippen LogP contribution in [-0.4, -0.2) is 81.6 Å². The summed E-state index contributed by atoms with van der Waals surface area (Å²) in [5.41, 5.74) is 3.00. The van der Waals surface area contributed by atoms with Gasteiger partial charge in [0, 0.05) is 42.7 Å². The predicted octanol–water partition coefficient (Wildman–Crippen LogP) is -4.38. The molecular weight excluding hydrogens is 522 g/mol. The van der Waals surface area contributed by atoms with Crippen LogP contribution in [0, 0.1) is 13.8 Å². The largest absolute Gasteiger partial charge is 0.368 e. The molecule has 38 heavy (non-hydrogen) atoms. The van der Waals surface area contributed by atoms with Crippen LogP contribution < -0.4 is 48.9 Å². The van der Waals surface area contributed by atoms with Crippen molar-refractivity contribution in [2.75, 3.05) is 48.5 Å². The van der Waals surface area contributed by atoms with E-state index in [0.717, 1.165) is 9.35 Å². The second kappa shape index (κ2) is 13.3. The van der Waals surface area contributed by atoms with Crippen molar-refractivity contribution >= 4 is 30.4 Å². The van der Waals surface area contributed by atoms with E-state index in [1.165, 1.54) is 43.2 Å². The van der Waals surface area contributed by atoms with Crippen molar-refractivity contribution in [3.8, 4) is 0 Å². The molecule has 2 aromatic rings. The van der Waals surface area contributed by atoms with Crippen LogP contribution >= 0.6 is 12.6 Å². The molecule has 0 radical (unpaired) electrons. The minimum absolute atomic E-state index is 0.00173. The number of carbonyl (C=O) groups excluding carboxylic acids is 3. The van der Waals surface area contributed by atoms with E-state index in [0.29, 0.717) is 0 Å². The summed E-state index contributed by atoms with van der Waals surface area (Å²) in [6.07, 6.45) is 2.52. The third-order valence-corrected chi connectivity index (χ3v) is 5.67. The van der Waals surface area contributed by atoms with Gasteiger partial charge >= 0.3 is 11.4 Å². The van der Waals surface area contributed by atoms with Crippen molar-refractivity contribution in [3.05, 3.63) is 65.2 Å². The van der Waals surface area contributed by atoms with Crippen molar-refractivity contribution < 1.29 is 14.4 Å². The van der Waals surface area contributed by atoms with Crippen LogP contribution in [-0.2, 0) is 14.4 Å². The first-order valence-corrected chi connectivity index (χ1v) is 12.0. The average Bonchev–Trinajstić information content (AvgIpc) is 2.81. The number of primary amides is 1. The summed E-state index contributed by atoms with van der Waals surface area (Å²) in [5.74, 6) is -1.43. The van der Waals surface area contributed by atoms with Crippen LogP contribution in [0.25, 0.3) is 0 Å². The fraction of sp³-hybridized carbons (Fsp3) is 0.476. The van der Waals surface area contributed by atoms with Gasteiger partial charge in [0.25, 0.3) is 11.1 Å². The second-order valence-corrected chi connectivity index (χ2v) is 8.83. The van der Waals surface area contributed by atoms with Crippen molar-refractivity contribution in [2.24, 2.45) is 5.73 Å². The molecule has 1 atom stereocenters. The molecule has 0 spiro atoms. The number of nitrogens with zero attached hydrogens (tertiary/aromatic N) is 4. The van der Waals surface area contributed by atoms with Crippen molar-refractivity contribution in [1.29, 1.82) is 0 Å². The van der Waals surface area contributed by atoms with Gasteiger partial charge in [-0.3, -0.25) is 44.0 Å². The molecule has 0 aliphatic heterocycles. The molecule has 0 aromatic carbocycles. The highest BCUT2D eigenvalue weighted by Gasteiger charge is 2.20. The number of aryl methyl sites for hydroxylation is 2. The smallest absolute Gasteiger partial charge is 0.347 e. The van der Waals surface area contributed by atoms with Gasteiger partial charge in [-0.05, 0) is 13.8 Å². The lowest BCUT2D eigenvalue weighted by atomic mass is 10.3. The lowest BCUT2D eigenvalue weighted by Gasteiger charge is -2.30. The zero-order chi connectivity index (χ0) is 28.6. The summed E-state index contributed by atoms with van der Waals surface area (Å²) in [4.78, 5) is 88.4. The molecule has 0 aliphatic carbocycles. The number of rotatable bonds is 13. The molecule has 208 valence electrons. The van der Waals surface area contributed by atoms with Gasteiger partial charge in [-0.1, -0.05) is 0 Å². The van der Waals surface area contributed by atoms with Crippen LogP contribution in [0.3, 0.4) is 0 Å². The van der Waals surface area contributed by atoms with Gasteiger partial charge < -0.3 is 16.4 Å².